The van der Waals surface area contributed by atoms with E-state index < -0.39 is 15.8 Å². The molecule has 2 N–H and O–H groups in total. The molecule has 4 rings (SSSR count). The van der Waals surface area contributed by atoms with Crippen molar-refractivity contribution in [1.82, 2.24) is 15.2 Å². The van der Waals surface area contributed by atoms with Crippen molar-refractivity contribution in [2.45, 2.75) is 36.2 Å². The SMILES string of the molecule is COc1cccc(C2CC(C3CCN(S(=O)(=O)c4ccccc4F)CC3)NN2)c1. The molecule has 0 bridgehead atoms. The largest absolute Gasteiger partial charge is 0.497 e. The molecule has 0 radical (unpaired) electrons. The first-order chi connectivity index (χ1) is 14.0. The highest BCUT2D eigenvalue weighted by Gasteiger charge is 2.36. The molecule has 2 fully saturated rings. The molecule has 0 aliphatic carbocycles. The van der Waals surface area contributed by atoms with Gasteiger partial charge in [0.2, 0.25) is 10.0 Å². The van der Waals surface area contributed by atoms with E-state index in [1.165, 1.54) is 28.1 Å². The van der Waals surface area contributed by atoms with Gasteiger partial charge in [0.25, 0.3) is 0 Å². The van der Waals surface area contributed by atoms with Crippen LogP contribution in [0.5, 0.6) is 5.75 Å². The van der Waals surface area contributed by atoms with Gasteiger partial charge in [0, 0.05) is 25.2 Å². The number of ether oxygens (including phenoxy) is 1. The second kappa shape index (κ2) is 8.39. The Morgan fingerprint density at radius 3 is 2.55 bits per heavy atom. The Balaban J connectivity index is 1.37. The quantitative estimate of drug-likeness (QED) is 0.780. The molecule has 156 valence electrons. The molecule has 2 heterocycles. The number of nitrogens with zero attached hydrogens (tertiary/aromatic N) is 1. The fourth-order valence-corrected chi connectivity index (χ4v) is 5.81. The molecule has 0 aromatic heterocycles. The summed E-state index contributed by atoms with van der Waals surface area (Å²) in [6, 6.07) is 14.0. The molecule has 2 aliphatic heterocycles. The first-order valence-corrected chi connectivity index (χ1v) is 11.3. The Morgan fingerprint density at radius 1 is 1.07 bits per heavy atom. The number of benzene rings is 2. The van der Waals surface area contributed by atoms with E-state index in [2.05, 4.69) is 16.9 Å². The number of hydrazine groups is 1. The molecule has 2 atom stereocenters. The van der Waals surface area contributed by atoms with Crippen LogP contribution in [0.25, 0.3) is 0 Å². The van der Waals surface area contributed by atoms with Gasteiger partial charge in [-0.1, -0.05) is 24.3 Å². The average Bonchev–Trinajstić information content (AvgIpc) is 3.24. The van der Waals surface area contributed by atoms with Crippen LogP contribution in [0.2, 0.25) is 0 Å². The van der Waals surface area contributed by atoms with Crippen molar-refractivity contribution in [2.75, 3.05) is 20.2 Å². The summed E-state index contributed by atoms with van der Waals surface area (Å²) in [4.78, 5) is -0.239. The Labute approximate surface area is 171 Å². The molecule has 0 spiro atoms. The van der Waals surface area contributed by atoms with E-state index in [0.717, 1.165) is 25.0 Å². The number of methoxy groups -OCH3 is 1. The van der Waals surface area contributed by atoms with E-state index >= 15 is 0 Å². The highest BCUT2D eigenvalue weighted by atomic mass is 32.2. The minimum atomic E-state index is -3.79. The van der Waals surface area contributed by atoms with Gasteiger partial charge in [0.05, 0.1) is 7.11 Å². The van der Waals surface area contributed by atoms with Crippen molar-refractivity contribution in [3.05, 3.63) is 59.9 Å². The van der Waals surface area contributed by atoms with Crippen molar-refractivity contribution >= 4 is 10.0 Å². The Bertz CT molecular complexity index is 961. The molecule has 8 heteroatoms. The molecule has 2 saturated heterocycles. The summed E-state index contributed by atoms with van der Waals surface area (Å²) >= 11 is 0. The lowest BCUT2D eigenvalue weighted by Crippen LogP contribution is -2.44. The molecular weight excluding hydrogens is 393 g/mol. The van der Waals surface area contributed by atoms with Crippen molar-refractivity contribution in [2.24, 2.45) is 5.92 Å². The number of halogens is 1. The molecule has 2 aromatic carbocycles. The van der Waals surface area contributed by atoms with Crippen LogP contribution in [0.3, 0.4) is 0 Å². The van der Waals surface area contributed by atoms with E-state index in [-0.39, 0.29) is 17.0 Å². The fraction of sp³-hybridized carbons (Fsp3) is 0.429. The maximum atomic E-state index is 14.0. The third-order valence-electron chi connectivity index (χ3n) is 5.95. The minimum Gasteiger partial charge on any atom is -0.497 e. The number of nitrogens with one attached hydrogen (secondary N) is 2. The Morgan fingerprint density at radius 2 is 1.83 bits per heavy atom. The van der Waals surface area contributed by atoms with E-state index in [1.54, 1.807) is 13.2 Å². The van der Waals surface area contributed by atoms with Gasteiger partial charge >= 0.3 is 0 Å². The number of hydrogen-bond donors (Lipinski definition) is 2. The van der Waals surface area contributed by atoms with Crippen LogP contribution in [-0.4, -0.2) is 39.0 Å². The van der Waals surface area contributed by atoms with Crippen LogP contribution in [0.1, 0.15) is 30.9 Å². The van der Waals surface area contributed by atoms with Crippen molar-refractivity contribution in [3.8, 4) is 5.75 Å². The van der Waals surface area contributed by atoms with Crippen LogP contribution >= 0.6 is 0 Å². The summed E-state index contributed by atoms with van der Waals surface area (Å²) in [6.07, 6.45) is 2.42. The Kier molecular flexibility index (Phi) is 5.87. The van der Waals surface area contributed by atoms with E-state index in [0.29, 0.717) is 19.0 Å². The number of piperidine rings is 1. The van der Waals surface area contributed by atoms with Gasteiger partial charge < -0.3 is 4.74 Å². The summed E-state index contributed by atoms with van der Waals surface area (Å²) in [6.45, 7) is 0.812. The first kappa shape index (κ1) is 20.3. The molecule has 29 heavy (non-hydrogen) atoms. The lowest BCUT2D eigenvalue weighted by molar-refractivity contribution is 0.230. The van der Waals surface area contributed by atoms with Crippen LogP contribution < -0.4 is 15.6 Å². The summed E-state index contributed by atoms with van der Waals surface area (Å²) in [5.41, 5.74) is 7.91. The number of sulfonamides is 1. The highest BCUT2D eigenvalue weighted by Crippen LogP contribution is 2.33. The molecule has 2 aliphatic rings. The topological polar surface area (TPSA) is 70.7 Å². The van der Waals surface area contributed by atoms with Gasteiger partial charge in [-0.2, -0.15) is 4.31 Å². The van der Waals surface area contributed by atoms with Gasteiger partial charge in [0.1, 0.15) is 16.5 Å². The van der Waals surface area contributed by atoms with Crippen molar-refractivity contribution in [1.29, 1.82) is 0 Å². The number of hydrogen-bond acceptors (Lipinski definition) is 5. The van der Waals surface area contributed by atoms with E-state index in [1.807, 2.05) is 18.2 Å². The fourth-order valence-electron chi connectivity index (χ4n) is 4.28. The van der Waals surface area contributed by atoms with Crippen molar-refractivity contribution < 1.29 is 17.5 Å². The monoisotopic (exact) mass is 419 g/mol. The van der Waals surface area contributed by atoms with Crippen LogP contribution in [0.15, 0.2) is 53.4 Å². The molecule has 0 amide bonds. The lowest BCUT2D eigenvalue weighted by Gasteiger charge is -2.34. The van der Waals surface area contributed by atoms with Gasteiger partial charge in [0.15, 0.2) is 0 Å². The standard InChI is InChI=1S/C21H26FN3O3S/c1-28-17-6-4-5-16(13-17)20-14-19(23-24-20)15-9-11-25(12-10-15)29(26,27)21-8-3-2-7-18(21)22/h2-8,13,15,19-20,23-24H,9-12,14H2,1H3. The van der Waals surface area contributed by atoms with Crippen LogP contribution in [-0.2, 0) is 10.0 Å². The van der Waals surface area contributed by atoms with Crippen molar-refractivity contribution in [3.63, 3.8) is 0 Å². The average molecular weight is 420 g/mol. The third-order valence-corrected chi connectivity index (χ3v) is 7.88. The molecule has 2 unspecified atom stereocenters. The predicted molar refractivity (Wildman–Crippen MR) is 108 cm³/mol. The summed E-state index contributed by atoms with van der Waals surface area (Å²) in [5, 5.41) is 0. The predicted octanol–water partition coefficient (Wildman–Crippen LogP) is 2.84. The second-order valence-electron chi connectivity index (χ2n) is 7.63. The normalized spacial score (nSPS) is 23.9. The zero-order chi connectivity index (χ0) is 20.4. The lowest BCUT2D eigenvalue weighted by atomic mass is 9.87. The van der Waals surface area contributed by atoms with Crippen LogP contribution in [0.4, 0.5) is 4.39 Å². The molecular formula is C21H26FN3O3S. The zero-order valence-electron chi connectivity index (χ0n) is 16.3. The zero-order valence-corrected chi connectivity index (χ0v) is 17.2. The Hall–Kier alpha value is -2.00. The minimum absolute atomic E-state index is 0.190. The maximum Gasteiger partial charge on any atom is 0.245 e. The third kappa shape index (κ3) is 4.16. The summed E-state index contributed by atoms with van der Waals surface area (Å²) < 4.78 is 46.3. The molecule has 6 nitrogen and oxygen atoms in total. The summed E-state index contributed by atoms with van der Waals surface area (Å²) in [7, 11) is -2.13. The first-order valence-electron chi connectivity index (χ1n) is 9.88. The maximum absolute atomic E-state index is 14.0. The molecule has 0 saturated carbocycles. The van der Waals surface area contributed by atoms with Gasteiger partial charge in [-0.3, -0.25) is 10.9 Å². The highest BCUT2D eigenvalue weighted by molar-refractivity contribution is 7.89. The van der Waals surface area contributed by atoms with Gasteiger partial charge in [-0.25, -0.2) is 12.8 Å². The number of rotatable bonds is 5. The van der Waals surface area contributed by atoms with Gasteiger partial charge in [-0.05, 0) is 55.0 Å². The van der Waals surface area contributed by atoms with Gasteiger partial charge in [-0.15, -0.1) is 0 Å². The smallest absolute Gasteiger partial charge is 0.245 e. The van der Waals surface area contributed by atoms with Crippen LogP contribution in [0, 0.1) is 11.7 Å². The van der Waals surface area contributed by atoms with E-state index in [4.69, 9.17) is 4.74 Å². The molecule has 2 aromatic rings. The van der Waals surface area contributed by atoms with E-state index in [9.17, 15) is 12.8 Å². The second-order valence-corrected chi connectivity index (χ2v) is 9.54. The summed E-state index contributed by atoms with van der Waals surface area (Å²) in [5.74, 6) is 0.502.